The van der Waals surface area contributed by atoms with E-state index in [-0.39, 0.29) is 0 Å². The normalized spacial score (nSPS) is 12.5. The minimum Gasteiger partial charge on any atom is -0.247 e. The molecule has 0 atom stereocenters. The molecule has 0 aromatic carbocycles. The molecule has 0 radical (unpaired) electrons. The molecular weight excluding hydrogens is 300 g/mol. The monoisotopic (exact) mass is 305 g/mol. The number of rotatable bonds is 2. The zero-order valence-electron chi connectivity index (χ0n) is 9.33. The number of hydrogen-bond acceptors (Lipinski definition) is 3. The molecule has 0 amide bonds. The molecule has 1 rings (SSSR count). The number of hydrogen-bond donors (Lipinski definition) is 0. The van der Waals surface area contributed by atoms with Crippen LogP contribution in [0.3, 0.4) is 0 Å². The molecule has 6 nitrogen and oxygen atoms in total. The predicted octanol–water partition coefficient (Wildman–Crippen LogP) is 0.310. The molecule has 0 bridgehead atoms. The Labute approximate surface area is 104 Å². The molecule has 0 aliphatic heterocycles. The lowest BCUT2D eigenvalue weighted by atomic mass is 10.6. The first kappa shape index (κ1) is 15.8. The van der Waals surface area contributed by atoms with Gasteiger partial charge in [0.05, 0.1) is 6.54 Å². The van der Waals surface area contributed by atoms with E-state index in [1.165, 1.54) is 0 Å². The first-order chi connectivity index (χ1) is 8.92. The number of nitrogens with zero attached hydrogens (tertiary/aromatic N) is 3. The molecule has 0 aliphatic rings. The van der Waals surface area contributed by atoms with Crippen LogP contribution in [-0.2, 0) is 19.1 Å². The Morgan fingerprint density at radius 2 is 1.20 bits per heavy atom. The average molecular weight is 305 g/mol. The van der Waals surface area contributed by atoms with E-state index in [4.69, 9.17) is 0 Å². The summed E-state index contributed by atoms with van der Waals surface area (Å²) in [6.45, 7) is 2.06. The zero-order valence-corrected chi connectivity index (χ0v) is 9.33. The summed E-state index contributed by atoms with van der Waals surface area (Å²) in [6.07, 6.45) is -10.7. The van der Waals surface area contributed by atoms with Crippen molar-refractivity contribution in [3.8, 4) is 0 Å². The van der Waals surface area contributed by atoms with Crippen LogP contribution >= 0.6 is 0 Å². The van der Waals surface area contributed by atoms with Gasteiger partial charge in [-0.2, -0.15) is 9.13 Å². The van der Waals surface area contributed by atoms with Gasteiger partial charge in [0, 0.05) is 0 Å². The molecular formula is C8H5F6N3O3. The van der Waals surface area contributed by atoms with Crippen molar-refractivity contribution in [3.63, 3.8) is 0 Å². The second-order valence-electron chi connectivity index (χ2n) is 3.35. The summed E-state index contributed by atoms with van der Waals surface area (Å²) in [5.74, 6) is 0. The first-order valence-corrected chi connectivity index (χ1v) is 4.67. The Morgan fingerprint density at radius 3 is 1.45 bits per heavy atom. The highest BCUT2D eigenvalue weighted by atomic mass is 19.4. The molecule has 0 N–H and O–H groups in total. The van der Waals surface area contributed by atoms with Gasteiger partial charge in [-0.3, -0.25) is 0 Å². The summed E-state index contributed by atoms with van der Waals surface area (Å²) >= 11 is 0. The molecule has 1 aromatic rings. The second-order valence-corrected chi connectivity index (χ2v) is 3.35. The molecule has 20 heavy (non-hydrogen) atoms. The number of allylic oxidation sites excluding steroid dienone is 1. The van der Waals surface area contributed by atoms with E-state index < -0.39 is 49.9 Å². The third-order valence-corrected chi connectivity index (χ3v) is 2.05. The smallest absolute Gasteiger partial charge is 0.247 e. The van der Waals surface area contributed by atoms with Gasteiger partial charge < -0.3 is 0 Å². The van der Waals surface area contributed by atoms with Crippen molar-refractivity contribution in [3.05, 3.63) is 44.1 Å². The molecule has 0 unspecified atom stereocenters. The SMILES string of the molecule is C=CCn1c(=O)n(C(F)(F)F)c(=O)n(C(F)(F)F)c1=O. The van der Waals surface area contributed by atoms with Crippen LogP contribution in [0.4, 0.5) is 26.3 Å². The highest BCUT2D eigenvalue weighted by Gasteiger charge is 2.43. The Morgan fingerprint density at radius 1 is 0.850 bits per heavy atom. The fraction of sp³-hybridized carbons (Fsp3) is 0.375. The molecule has 1 heterocycles. The standard InChI is InChI=1S/C8H5F6N3O3/c1-2-3-15-4(18)16(7(9,10)11)6(20)17(5(15)19)8(12,13)14/h2H,1,3H2. The van der Waals surface area contributed by atoms with Gasteiger partial charge in [-0.1, -0.05) is 6.08 Å². The van der Waals surface area contributed by atoms with Crippen molar-refractivity contribution >= 4 is 0 Å². The number of aromatic nitrogens is 3. The van der Waals surface area contributed by atoms with Crippen molar-refractivity contribution in [2.75, 3.05) is 0 Å². The largest absolute Gasteiger partial charge is 0.496 e. The quantitative estimate of drug-likeness (QED) is 0.583. The van der Waals surface area contributed by atoms with Gasteiger partial charge in [0.2, 0.25) is 0 Å². The summed E-state index contributed by atoms with van der Waals surface area (Å²) in [5.41, 5.74) is -7.29. The summed E-state index contributed by atoms with van der Waals surface area (Å²) in [4.78, 5) is 33.7. The molecule has 1 aromatic heterocycles. The van der Waals surface area contributed by atoms with Gasteiger partial charge >= 0.3 is 29.7 Å². The lowest BCUT2D eigenvalue weighted by Gasteiger charge is -2.15. The Bertz CT molecular complexity index is 652. The van der Waals surface area contributed by atoms with Crippen molar-refractivity contribution in [1.29, 1.82) is 0 Å². The van der Waals surface area contributed by atoms with Crippen LogP contribution in [0.25, 0.3) is 0 Å². The molecule has 12 heteroatoms. The minimum atomic E-state index is -5.71. The van der Waals surface area contributed by atoms with E-state index in [1.807, 2.05) is 0 Å². The molecule has 0 saturated carbocycles. The van der Waals surface area contributed by atoms with Gasteiger partial charge in [0.15, 0.2) is 0 Å². The van der Waals surface area contributed by atoms with E-state index in [0.717, 1.165) is 6.08 Å². The topological polar surface area (TPSA) is 66.0 Å². The van der Waals surface area contributed by atoms with Gasteiger partial charge in [-0.25, -0.2) is 19.0 Å². The zero-order chi connectivity index (χ0) is 15.9. The van der Waals surface area contributed by atoms with Crippen LogP contribution in [0, 0.1) is 0 Å². The fourth-order valence-electron chi connectivity index (χ4n) is 1.31. The first-order valence-electron chi connectivity index (χ1n) is 4.67. The van der Waals surface area contributed by atoms with Crippen LogP contribution in [-0.4, -0.2) is 13.7 Å². The van der Waals surface area contributed by atoms with Crippen LogP contribution in [0.15, 0.2) is 27.0 Å². The summed E-state index contributed by atoms with van der Waals surface area (Å²) in [5, 5.41) is 0. The maximum absolute atomic E-state index is 12.5. The number of alkyl halides is 6. The Balaban J connectivity index is 4.06. The summed E-state index contributed by atoms with van der Waals surface area (Å²) < 4.78 is 71.2. The van der Waals surface area contributed by atoms with Crippen LogP contribution in [0.5, 0.6) is 0 Å². The fourth-order valence-corrected chi connectivity index (χ4v) is 1.31. The van der Waals surface area contributed by atoms with E-state index in [0.29, 0.717) is 0 Å². The minimum absolute atomic E-state index is 0.407. The van der Waals surface area contributed by atoms with Crippen molar-refractivity contribution in [2.45, 2.75) is 19.1 Å². The lowest BCUT2D eigenvalue weighted by Crippen LogP contribution is -2.60. The van der Waals surface area contributed by atoms with E-state index in [1.54, 1.807) is 0 Å². The van der Waals surface area contributed by atoms with Gasteiger partial charge in [0.25, 0.3) is 0 Å². The average Bonchev–Trinajstić information content (AvgIpc) is 2.19. The van der Waals surface area contributed by atoms with Gasteiger partial charge in [-0.05, 0) is 0 Å². The Kier molecular flexibility index (Phi) is 3.70. The van der Waals surface area contributed by atoms with Crippen LogP contribution in [0.1, 0.15) is 0 Å². The highest BCUT2D eigenvalue weighted by molar-refractivity contribution is 4.84. The molecule has 0 fully saturated rings. The van der Waals surface area contributed by atoms with E-state index >= 15 is 0 Å². The molecule has 0 aliphatic carbocycles. The highest BCUT2D eigenvalue weighted by Crippen LogP contribution is 2.20. The van der Waals surface area contributed by atoms with Crippen molar-refractivity contribution in [1.82, 2.24) is 13.7 Å². The van der Waals surface area contributed by atoms with Crippen LogP contribution in [0.2, 0.25) is 0 Å². The third kappa shape index (κ3) is 2.53. The van der Waals surface area contributed by atoms with Crippen molar-refractivity contribution in [2.24, 2.45) is 0 Å². The van der Waals surface area contributed by atoms with E-state index in [9.17, 15) is 40.7 Å². The Hall–Kier alpha value is -2.27. The van der Waals surface area contributed by atoms with Gasteiger partial charge in [-0.15, -0.1) is 32.9 Å². The molecule has 112 valence electrons. The lowest BCUT2D eigenvalue weighted by molar-refractivity contribution is -0.229. The molecule has 0 saturated heterocycles. The summed E-state index contributed by atoms with van der Waals surface area (Å²) in [6, 6.07) is 0. The number of halogens is 6. The van der Waals surface area contributed by atoms with Gasteiger partial charge in [0.1, 0.15) is 0 Å². The van der Waals surface area contributed by atoms with Crippen molar-refractivity contribution < 1.29 is 26.3 Å². The second kappa shape index (κ2) is 4.68. The molecule has 0 spiro atoms. The third-order valence-electron chi connectivity index (χ3n) is 2.05. The maximum Gasteiger partial charge on any atom is 0.496 e. The maximum atomic E-state index is 12.5. The van der Waals surface area contributed by atoms with E-state index in [2.05, 4.69) is 6.58 Å². The summed E-state index contributed by atoms with van der Waals surface area (Å²) in [7, 11) is 0. The predicted molar refractivity (Wildman–Crippen MR) is 52.0 cm³/mol. The van der Waals surface area contributed by atoms with Crippen LogP contribution < -0.4 is 17.1 Å².